The van der Waals surface area contributed by atoms with Crippen LogP contribution in [0.4, 0.5) is 4.79 Å². The van der Waals surface area contributed by atoms with Gasteiger partial charge < -0.3 is 18.9 Å². The molecule has 6 atom stereocenters. The lowest BCUT2D eigenvalue weighted by atomic mass is 9.85. The van der Waals surface area contributed by atoms with Crippen LogP contribution in [0, 0.1) is 23.2 Å². The molecule has 6 unspecified atom stereocenters. The first-order valence-electron chi connectivity index (χ1n) is 9.47. The molecule has 1 N–H and O–H groups in total. The van der Waals surface area contributed by atoms with E-state index in [1.165, 1.54) is 7.11 Å². The number of hydrogen-bond acceptors (Lipinski definition) is 9. The number of ether oxygens (including phenoxy) is 4. The summed E-state index contributed by atoms with van der Waals surface area (Å²) in [5.41, 5.74) is -0.628. The second-order valence-corrected chi connectivity index (χ2v) is 8.48. The minimum absolute atomic E-state index is 0.126. The predicted octanol–water partition coefficient (Wildman–Crippen LogP) is 1.84. The van der Waals surface area contributed by atoms with E-state index in [0.29, 0.717) is 19.3 Å². The largest absolute Gasteiger partial charge is 0.508 e. The maximum Gasteiger partial charge on any atom is 0.508 e. The van der Waals surface area contributed by atoms with Crippen molar-refractivity contribution in [1.82, 2.24) is 0 Å². The van der Waals surface area contributed by atoms with Crippen molar-refractivity contribution in [3.63, 3.8) is 0 Å². The van der Waals surface area contributed by atoms with Crippen molar-refractivity contribution in [3.05, 3.63) is 0 Å². The van der Waals surface area contributed by atoms with Gasteiger partial charge in [-0.05, 0) is 39.0 Å². The summed E-state index contributed by atoms with van der Waals surface area (Å²) in [5.74, 6) is -1.91. The van der Waals surface area contributed by atoms with Crippen molar-refractivity contribution in [2.24, 2.45) is 23.2 Å². The molecule has 2 aliphatic carbocycles. The molecule has 2 rings (SSSR count). The number of fused-ring (bicyclic) bond motifs is 2. The van der Waals surface area contributed by atoms with E-state index in [-0.39, 0.29) is 19.1 Å². The molecular formula is C18H28O10S. The third-order valence-electron chi connectivity index (χ3n) is 5.76. The lowest BCUT2D eigenvalue weighted by Crippen LogP contribution is -2.44. The van der Waals surface area contributed by atoms with Gasteiger partial charge in [0.15, 0.2) is 0 Å². The Morgan fingerprint density at radius 3 is 2.34 bits per heavy atom. The van der Waals surface area contributed by atoms with Crippen LogP contribution in [0.15, 0.2) is 0 Å². The van der Waals surface area contributed by atoms with Crippen molar-refractivity contribution < 1.29 is 46.3 Å². The highest BCUT2D eigenvalue weighted by Crippen LogP contribution is 2.51. The van der Waals surface area contributed by atoms with Crippen molar-refractivity contribution in [2.45, 2.75) is 52.2 Å². The van der Waals surface area contributed by atoms with Gasteiger partial charge in [-0.3, -0.25) is 18.3 Å². The first kappa shape index (κ1) is 23.6. The number of rotatable bonds is 9. The maximum absolute atomic E-state index is 12.1. The molecule has 29 heavy (non-hydrogen) atoms. The molecule has 0 heterocycles. The second-order valence-electron chi connectivity index (χ2n) is 7.86. The van der Waals surface area contributed by atoms with Gasteiger partial charge in [-0.25, -0.2) is 4.79 Å². The summed E-state index contributed by atoms with van der Waals surface area (Å²) in [6.45, 7) is 5.04. The molecule has 2 aliphatic rings. The number of methoxy groups -OCH3 is 1. The molecule has 10 nitrogen and oxygen atoms in total. The van der Waals surface area contributed by atoms with Gasteiger partial charge in [-0.15, -0.1) is 0 Å². The average Bonchev–Trinajstić information content (AvgIpc) is 3.23. The fourth-order valence-electron chi connectivity index (χ4n) is 3.80. The molecule has 2 bridgehead atoms. The second kappa shape index (κ2) is 9.86. The zero-order chi connectivity index (χ0) is 21.8. The molecule has 166 valence electrons. The maximum atomic E-state index is 12.1. The Hall–Kier alpha value is -1.72. The van der Waals surface area contributed by atoms with E-state index in [0.717, 1.165) is 0 Å². The Morgan fingerprint density at radius 1 is 1.10 bits per heavy atom. The smallest absolute Gasteiger partial charge is 0.469 e. The fourth-order valence-corrected chi connectivity index (χ4v) is 4.26. The van der Waals surface area contributed by atoms with Gasteiger partial charge in [0, 0.05) is 5.92 Å². The molecule has 0 spiro atoms. The first-order chi connectivity index (χ1) is 13.6. The van der Waals surface area contributed by atoms with Crippen molar-refractivity contribution in [3.8, 4) is 0 Å². The van der Waals surface area contributed by atoms with Gasteiger partial charge in [-0.2, -0.15) is 4.21 Å². The van der Waals surface area contributed by atoms with E-state index in [2.05, 4.69) is 0 Å². The van der Waals surface area contributed by atoms with E-state index in [1.807, 2.05) is 6.92 Å². The number of carbonyl (C=O) groups excluding carboxylic acids is 3. The SMILES string of the molecule is CCC(C)(C)C(=O)OCCOC(=O)OC1C2CC(CC2C(=O)OC)C1OS(=O)O. The molecular weight excluding hydrogens is 408 g/mol. The Balaban J connectivity index is 1.88. The summed E-state index contributed by atoms with van der Waals surface area (Å²) in [5, 5.41) is 0. The monoisotopic (exact) mass is 436 g/mol. The van der Waals surface area contributed by atoms with Crippen LogP contribution in [-0.2, 0) is 44.1 Å². The lowest BCUT2D eigenvalue weighted by molar-refractivity contribution is -0.155. The lowest BCUT2D eigenvalue weighted by Gasteiger charge is -2.32. The Labute approximate surface area is 172 Å². The summed E-state index contributed by atoms with van der Waals surface area (Å²) >= 11 is -2.54. The van der Waals surface area contributed by atoms with Crippen LogP contribution in [0.25, 0.3) is 0 Å². The third kappa shape index (κ3) is 5.67. The van der Waals surface area contributed by atoms with Crippen LogP contribution in [0.3, 0.4) is 0 Å². The summed E-state index contributed by atoms with van der Waals surface area (Å²) in [6.07, 6.45) is -1.23. The summed E-state index contributed by atoms with van der Waals surface area (Å²) < 4.78 is 45.2. The molecule has 0 amide bonds. The van der Waals surface area contributed by atoms with Crippen LogP contribution < -0.4 is 0 Å². The number of carbonyl (C=O) groups is 3. The molecule has 11 heteroatoms. The third-order valence-corrected chi connectivity index (χ3v) is 6.15. The van der Waals surface area contributed by atoms with Gasteiger partial charge in [0.2, 0.25) is 0 Å². The Morgan fingerprint density at radius 2 is 1.76 bits per heavy atom. The van der Waals surface area contributed by atoms with Crippen LogP contribution in [-0.4, -0.2) is 59.4 Å². The van der Waals surface area contributed by atoms with E-state index < -0.39 is 58.9 Å². The molecule has 0 aromatic heterocycles. The molecule has 0 saturated heterocycles. The van der Waals surface area contributed by atoms with Crippen LogP contribution in [0.2, 0.25) is 0 Å². The van der Waals surface area contributed by atoms with E-state index in [1.54, 1.807) is 13.8 Å². The summed E-state index contributed by atoms with van der Waals surface area (Å²) in [7, 11) is 1.27. The average molecular weight is 436 g/mol. The van der Waals surface area contributed by atoms with Gasteiger partial charge in [0.1, 0.15) is 25.4 Å². The Bertz CT molecular complexity index is 649. The van der Waals surface area contributed by atoms with Gasteiger partial charge in [0.25, 0.3) is 0 Å². The number of hydrogen-bond donors (Lipinski definition) is 1. The van der Waals surface area contributed by atoms with Gasteiger partial charge in [0.05, 0.1) is 18.4 Å². The first-order valence-corrected chi connectivity index (χ1v) is 10.5. The van der Waals surface area contributed by atoms with Crippen LogP contribution in [0.1, 0.15) is 40.0 Å². The topological polar surface area (TPSA) is 135 Å². The highest BCUT2D eigenvalue weighted by Gasteiger charge is 2.58. The van der Waals surface area contributed by atoms with Gasteiger partial charge >= 0.3 is 29.5 Å². The molecule has 2 fully saturated rings. The van der Waals surface area contributed by atoms with Crippen molar-refractivity contribution in [1.29, 1.82) is 0 Å². The zero-order valence-corrected chi connectivity index (χ0v) is 17.8. The highest BCUT2D eigenvalue weighted by atomic mass is 32.2. The molecule has 0 radical (unpaired) electrons. The molecule has 0 aliphatic heterocycles. The zero-order valence-electron chi connectivity index (χ0n) is 17.0. The predicted molar refractivity (Wildman–Crippen MR) is 98.6 cm³/mol. The molecule has 0 aromatic carbocycles. The van der Waals surface area contributed by atoms with Crippen molar-refractivity contribution in [2.75, 3.05) is 20.3 Å². The molecule has 0 aromatic rings. The minimum atomic E-state index is -2.54. The summed E-state index contributed by atoms with van der Waals surface area (Å²) in [6, 6.07) is 0. The highest BCUT2D eigenvalue weighted by molar-refractivity contribution is 7.74. The normalized spacial score (nSPS) is 29.2. The molecule has 2 saturated carbocycles. The summed E-state index contributed by atoms with van der Waals surface area (Å²) in [4.78, 5) is 35.9. The van der Waals surface area contributed by atoms with E-state index in [4.69, 9.17) is 27.7 Å². The van der Waals surface area contributed by atoms with E-state index >= 15 is 0 Å². The number of esters is 2. The standard InChI is InChI=1S/C18H28O10S/c1-5-18(2,3)16(20)25-6-7-26-17(21)27-14-11-8-10(13(14)28-29(22)23)9-12(11)15(19)24-4/h10-14H,5-9H2,1-4H3,(H,22,23). The fraction of sp³-hybridized carbons (Fsp3) is 0.833. The van der Waals surface area contributed by atoms with E-state index in [9.17, 15) is 18.6 Å². The van der Waals surface area contributed by atoms with Crippen LogP contribution >= 0.6 is 0 Å². The van der Waals surface area contributed by atoms with Gasteiger partial charge in [-0.1, -0.05) is 6.92 Å². The van der Waals surface area contributed by atoms with Crippen LogP contribution in [0.5, 0.6) is 0 Å². The van der Waals surface area contributed by atoms with Crippen molar-refractivity contribution >= 4 is 29.5 Å². The minimum Gasteiger partial charge on any atom is -0.469 e. The Kier molecular flexibility index (Phi) is 8.01. The quantitative estimate of drug-likeness (QED) is 0.247.